The molecule has 0 aromatic rings. The zero-order valence-corrected chi connectivity index (χ0v) is 45.9. The second kappa shape index (κ2) is 58.6. The number of ether oxygens (including phenoxy) is 3. The number of rotatable bonds is 49. The fourth-order valence-electron chi connectivity index (χ4n) is 7.05. The Morgan fingerprint density at radius 3 is 0.972 bits per heavy atom. The third-order valence-corrected chi connectivity index (χ3v) is 11.3. The SMILES string of the molecule is CC/C=C\C/C=C\C/C=C\C/C=C\C/C=C\C/C=C\C/C=C\C/C=C\CCCCC(=O)OCC(COC(=O)CC/C=C\C/C=C\C/C=C\C/C=C\CC)OC(=O)CCCCCCC/C=C\CCCCCCC. The quantitative estimate of drug-likeness (QED) is 0.0262. The predicted octanol–water partition coefficient (Wildman–Crippen LogP) is 19.4. The van der Waals surface area contributed by atoms with Crippen LogP contribution in [0.4, 0.5) is 0 Å². The Morgan fingerprint density at radius 2 is 0.569 bits per heavy atom. The first-order valence-electron chi connectivity index (χ1n) is 28.5. The van der Waals surface area contributed by atoms with Crippen LogP contribution < -0.4 is 0 Å². The van der Waals surface area contributed by atoms with E-state index in [-0.39, 0.29) is 50.4 Å². The summed E-state index contributed by atoms with van der Waals surface area (Å²) in [6.07, 6.45) is 85.4. The van der Waals surface area contributed by atoms with E-state index in [2.05, 4.69) is 167 Å². The molecule has 1 unspecified atom stereocenters. The smallest absolute Gasteiger partial charge is 0.306 e. The lowest BCUT2D eigenvalue weighted by Gasteiger charge is -2.18. The number of hydrogen-bond acceptors (Lipinski definition) is 6. The van der Waals surface area contributed by atoms with E-state index in [0.29, 0.717) is 12.8 Å². The van der Waals surface area contributed by atoms with Crippen molar-refractivity contribution in [2.75, 3.05) is 13.2 Å². The molecule has 0 aliphatic rings. The van der Waals surface area contributed by atoms with Gasteiger partial charge in [-0.3, -0.25) is 14.4 Å². The van der Waals surface area contributed by atoms with E-state index in [1.54, 1.807) is 0 Å². The molecule has 0 N–H and O–H groups in total. The molecule has 1 atom stereocenters. The molecular formula is C66H102O6. The molecule has 402 valence electrons. The van der Waals surface area contributed by atoms with Crippen LogP contribution in [0.2, 0.25) is 0 Å². The van der Waals surface area contributed by atoms with Gasteiger partial charge in [-0.2, -0.15) is 0 Å². The van der Waals surface area contributed by atoms with Crippen LogP contribution in [0.3, 0.4) is 0 Å². The zero-order valence-electron chi connectivity index (χ0n) is 45.9. The van der Waals surface area contributed by atoms with Crippen LogP contribution in [0.1, 0.15) is 220 Å². The number of esters is 3. The number of hydrogen-bond donors (Lipinski definition) is 0. The molecule has 0 aliphatic heterocycles. The minimum absolute atomic E-state index is 0.133. The van der Waals surface area contributed by atoms with Gasteiger partial charge in [0.2, 0.25) is 0 Å². The van der Waals surface area contributed by atoms with Crippen molar-refractivity contribution in [3.8, 4) is 0 Å². The highest BCUT2D eigenvalue weighted by Gasteiger charge is 2.19. The molecular weight excluding hydrogens is 889 g/mol. The zero-order chi connectivity index (χ0) is 52.2. The monoisotopic (exact) mass is 991 g/mol. The van der Waals surface area contributed by atoms with Gasteiger partial charge in [0.25, 0.3) is 0 Å². The lowest BCUT2D eigenvalue weighted by molar-refractivity contribution is -0.166. The van der Waals surface area contributed by atoms with Crippen molar-refractivity contribution in [3.63, 3.8) is 0 Å². The Balaban J connectivity index is 4.50. The summed E-state index contributed by atoms with van der Waals surface area (Å²) in [4.78, 5) is 38.0. The van der Waals surface area contributed by atoms with E-state index in [1.165, 1.54) is 44.9 Å². The van der Waals surface area contributed by atoms with Gasteiger partial charge < -0.3 is 14.2 Å². The van der Waals surface area contributed by atoms with E-state index in [4.69, 9.17) is 14.2 Å². The topological polar surface area (TPSA) is 78.9 Å². The Labute approximate surface area is 441 Å². The van der Waals surface area contributed by atoms with Gasteiger partial charge >= 0.3 is 17.9 Å². The Bertz CT molecular complexity index is 1660. The van der Waals surface area contributed by atoms with E-state index < -0.39 is 6.10 Å². The lowest BCUT2D eigenvalue weighted by atomic mass is 10.1. The van der Waals surface area contributed by atoms with Gasteiger partial charge in [0.1, 0.15) is 13.2 Å². The molecule has 6 heteroatoms. The minimum atomic E-state index is -0.836. The molecule has 0 saturated carbocycles. The van der Waals surface area contributed by atoms with Crippen molar-refractivity contribution in [1.29, 1.82) is 0 Å². The van der Waals surface area contributed by atoms with Crippen LogP contribution >= 0.6 is 0 Å². The Morgan fingerprint density at radius 1 is 0.292 bits per heavy atom. The number of carbonyl (C=O) groups is 3. The predicted molar refractivity (Wildman–Crippen MR) is 311 cm³/mol. The molecule has 0 aliphatic carbocycles. The highest BCUT2D eigenvalue weighted by atomic mass is 16.6. The molecule has 0 aromatic carbocycles. The largest absolute Gasteiger partial charge is 0.462 e. The first-order chi connectivity index (χ1) is 35.5. The van der Waals surface area contributed by atoms with Crippen LogP contribution in [0, 0.1) is 0 Å². The van der Waals surface area contributed by atoms with E-state index in [9.17, 15) is 14.4 Å². The van der Waals surface area contributed by atoms with Crippen LogP contribution in [0.25, 0.3) is 0 Å². The average Bonchev–Trinajstić information content (AvgIpc) is 3.38. The van der Waals surface area contributed by atoms with Crippen molar-refractivity contribution in [2.24, 2.45) is 0 Å². The molecule has 0 rings (SSSR count). The van der Waals surface area contributed by atoms with Crippen LogP contribution in [-0.2, 0) is 28.6 Å². The maximum Gasteiger partial charge on any atom is 0.306 e. The molecule has 0 bridgehead atoms. The molecule has 0 saturated heterocycles. The molecule has 6 nitrogen and oxygen atoms in total. The van der Waals surface area contributed by atoms with E-state index in [0.717, 1.165) is 122 Å². The maximum absolute atomic E-state index is 12.8. The van der Waals surface area contributed by atoms with Crippen molar-refractivity contribution in [1.82, 2.24) is 0 Å². The molecule has 0 heterocycles. The summed E-state index contributed by atoms with van der Waals surface area (Å²) in [7, 11) is 0. The molecule has 72 heavy (non-hydrogen) atoms. The van der Waals surface area contributed by atoms with Gasteiger partial charge in [0.05, 0.1) is 0 Å². The van der Waals surface area contributed by atoms with Crippen LogP contribution in [0.15, 0.2) is 158 Å². The van der Waals surface area contributed by atoms with Crippen molar-refractivity contribution >= 4 is 17.9 Å². The minimum Gasteiger partial charge on any atom is -0.462 e. The van der Waals surface area contributed by atoms with Crippen molar-refractivity contribution in [3.05, 3.63) is 158 Å². The number of unbranched alkanes of at least 4 members (excludes halogenated alkanes) is 12. The normalized spacial score (nSPS) is 13.3. The fourth-order valence-corrected chi connectivity index (χ4v) is 7.05. The lowest BCUT2D eigenvalue weighted by Crippen LogP contribution is -2.30. The molecule has 0 aromatic heterocycles. The molecule has 0 amide bonds. The summed E-state index contributed by atoms with van der Waals surface area (Å²) < 4.78 is 16.7. The van der Waals surface area contributed by atoms with Gasteiger partial charge in [0.15, 0.2) is 6.10 Å². The van der Waals surface area contributed by atoms with E-state index >= 15 is 0 Å². The second-order valence-electron chi connectivity index (χ2n) is 18.1. The average molecular weight is 992 g/mol. The van der Waals surface area contributed by atoms with Gasteiger partial charge in [-0.1, -0.05) is 224 Å². The van der Waals surface area contributed by atoms with Gasteiger partial charge in [-0.25, -0.2) is 0 Å². The molecule has 0 spiro atoms. The number of allylic oxidation sites excluding steroid dienone is 26. The summed E-state index contributed by atoms with van der Waals surface area (Å²) in [6, 6.07) is 0. The fraction of sp³-hybridized carbons (Fsp3) is 0.561. The summed E-state index contributed by atoms with van der Waals surface area (Å²) >= 11 is 0. The molecule has 0 fully saturated rings. The number of carbonyl (C=O) groups excluding carboxylic acids is 3. The van der Waals surface area contributed by atoms with Gasteiger partial charge in [0, 0.05) is 19.3 Å². The van der Waals surface area contributed by atoms with Crippen molar-refractivity contribution < 1.29 is 28.6 Å². The van der Waals surface area contributed by atoms with Gasteiger partial charge in [-0.15, -0.1) is 0 Å². The third-order valence-electron chi connectivity index (χ3n) is 11.3. The highest BCUT2D eigenvalue weighted by Crippen LogP contribution is 2.12. The third kappa shape index (κ3) is 56.0. The summed E-state index contributed by atoms with van der Waals surface area (Å²) in [6.45, 7) is 6.27. The van der Waals surface area contributed by atoms with Crippen LogP contribution in [0.5, 0.6) is 0 Å². The maximum atomic E-state index is 12.8. The molecule has 0 radical (unpaired) electrons. The van der Waals surface area contributed by atoms with E-state index in [1.807, 2.05) is 12.2 Å². The van der Waals surface area contributed by atoms with Gasteiger partial charge in [-0.05, 0) is 135 Å². The Hall–Kier alpha value is -4.97. The van der Waals surface area contributed by atoms with Crippen LogP contribution in [-0.4, -0.2) is 37.2 Å². The highest BCUT2D eigenvalue weighted by molar-refractivity contribution is 5.71. The second-order valence-corrected chi connectivity index (χ2v) is 18.1. The summed E-state index contributed by atoms with van der Waals surface area (Å²) in [5.74, 6) is -1.07. The Kier molecular flexibility index (Phi) is 54.6. The standard InChI is InChI=1S/C66H102O6/c1-4-7-10-13-16-19-22-25-27-28-29-30-31-32-33-34-35-36-37-38-39-42-44-47-50-53-56-59-65(68)71-62-63(61-70-64(67)58-55-52-49-46-43-40-24-21-18-15-12-9-6-3)72-66(69)60-57-54-51-48-45-41-26-23-20-17-14-11-8-5-2/h7,9-10,12,16,18-19,21,23,25-27,29-30,32-33,35-36,38-40,43-44,47,49,52,63H,4-6,8,11,13-15,17,20,22,24,28,31,34,37,41-42,45-46,48,50-51,53-62H2,1-3H3/b10-7-,12-9-,19-16-,21-18-,26-23-,27-25-,30-29-,33-32-,36-35-,39-38-,43-40-,47-44-,52-49-. The first-order valence-corrected chi connectivity index (χ1v) is 28.5. The summed E-state index contributed by atoms with van der Waals surface area (Å²) in [5, 5.41) is 0. The summed E-state index contributed by atoms with van der Waals surface area (Å²) in [5.41, 5.74) is 0. The first kappa shape index (κ1) is 67.0. The van der Waals surface area contributed by atoms with Crippen molar-refractivity contribution in [2.45, 2.75) is 226 Å².